The second-order valence-electron chi connectivity index (χ2n) is 8.05. The minimum absolute atomic E-state index is 0.105. The fraction of sp³-hybridized carbons (Fsp3) is 0.522. The van der Waals surface area contributed by atoms with Gasteiger partial charge in [0.05, 0.1) is 7.11 Å². The van der Waals surface area contributed by atoms with E-state index in [1.165, 1.54) is 22.1 Å². The molecule has 0 aliphatic carbocycles. The zero-order valence-electron chi connectivity index (χ0n) is 18.9. The summed E-state index contributed by atoms with van der Waals surface area (Å²) in [7, 11) is -0.192. The lowest BCUT2D eigenvalue weighted by atomic mass is 9.90. The molecule has 1 fully saturated rings. The van der Waals surface area contributed by atoms with Gasteiger partial charge in [0.2, 0.25) is 10.0 Å². The summed E-state index contributed by atoms with van der Waals surface area (Å²) >= 11 is 0. The highest BCUT2D eigenvalue weighted by Crippen LogP contribution is 2.25. The third-order valence-corrected chi connectivity index (χ3v) is 8.14. The molecule has 0 bridgehead atoms. The standard InChI is InChI=1S/C23H33N3O4S/c1-5-26(6-2)31(28,29)21-16-22(24(3)17-21)23(27)25-13-11-19(12-14-25)15-18-7-9-20(30-4)10-8-18/h7-10,16-17,19H,5-6,11-15H2,1-4H3. The van der Waals surface area contributed by atoms with Crippen molar-refractivity contribution in [3.8, 4) is 5.75 Å². The zero-order valence-corrected chi connectivity index (χ0v) is 19.7. The maximum atomic E-state index is 13.1. The Morgan fingerprint density at radius 2 is 1.74 bits per heavy atom. The van der Waals surface area contributed by atoms with Gasteiger partial charge in [0.15, 0.2) is 0 Å². The molecule has 1 aromatic heterocycles. The van der Waals surface area contributed by atoms with E-state index in [9.17, 15) is 13.2 Å². The predicted molar refractivity (Wildman–Crippen MR) is 121 cm³/mol. The summed E-state index contributed by atoms with van der Waals surface area (Å²) in [4.78, 5) is 15.1. The van der Waals surface area contributed by atoms with Crippen LogP contribution < -0.4 is 4.74 Å². The number of benzene rings is 1. The lowest BCUT2D eigenvalue weighted by Gasteiger charge is -2.32. The van der Waals surface area contributed by atoms with Crippen molar-refractivity contribution in [3.05, 3.63) is 47.8 Å². The molecule has 3 rings (SSSR count). The Kier molecular flexibility index (Phi) is 7.43. The van der Waals surface area contributed by atoms with E-state index in [0.29, 0.717) is 37.8 Å². The van der Waals surface area contributed by atoms with Gasteiger partial charge in [0.25, 0.3) is 5.91 Å². The average Bonchev–Trinajstić information content (AvgIpc) is 3.17. The van der Waals surface area contributed by atoms with Gasteiger partial charge in [-0.25, -0.2) is 8.42 Å². The number of piperidine rings is 1. The number of nitrogens with zero attached hydrogens (tertiary/aromatic N) is 3. The number of aryl methyl sites for hydroxylation is 1. The normalized spacial score (nSPS) is 15.5. The lowest BCUT2D eigenvalue weighted by Crippen LogP contribution is -2.39. The van der Waals surface area contributed by atoms with E-state index < -0.39 is 10.0 Å². The number of sulfonamides is 1. The number of rotatable bonds is 8. The van der Waals surface area contributed by atoms with Gasteiger partial charge in [-0.3, -0.25) is 4.79 Å². The molecule has 0 unspecified atom stereocenters. The van der Waals surface area contributed by atoms with E-state index in [2.05, 4.69) is 12.1 Å². The minimum atomic E-state index is -3.58. The first-order valence-electron chi connectivity index (χ1n) is 10.9. The van der Waals surface area contributed by atoms with Crippen LogP contribution in [0, 0.1) is 5.92 Å². The first kappa shape index (κ1) is 23.3. The first-order chi connectivity index (χ1) is 14.8. The van der Waals surface area contributed by atoms with Gasteiger partial charge in [0.1, 0.15) is 16.3 Å². The summed E-state index contributed by atoms with van der Waals surface area (Å²) in [5.41, 5.74) is 1.69. The Morgan fingerprint density at radius 3 is 2.29 bits per heavy atom. The van der Waals surface area contributed by atoms with Gasteiger partial charge in [-0.05, 0) is 48.9 Å². The van der Waals surface area contributed by atoms with E-state index in [-0.39, 0.29) is 10.8 Å². The number of carbonyl (C=O) groups excluding carboxylic acids is 1. The Labute approximate surface area is 185 Å². The number of carbonyl (C=O) groups is 1. The highest BCUT2D eigenvalue weighted by molar-refractivity contribution is 7.89. The summed E-state index contributed by atoms with van der Waals surface area (Å²) in [6, 6.07) is 9.66. The van der Waals surface area contributed by atoms with Crippen LogP contribution in [0.15, 0.2) is 41.4 Å². The van der Waals surface area contributed by atoms with Crippen LogP contribution in [-0.4, -0.2) is 61.4 Å². The number of hydrogen-bond acceptors (Lipinski definition) is 4. The lowest BCUT2D eigenvalue weighted by molar-refractivity contribution is 0.0681. The van der Waals surface area contributed by atoms with Gasteiger partial charge in [-0.1, -0.05) is 26.0 Å². The molecule has 31 heavy (non-hydrogen) atoms. The third-order valence-electron chi connectivity index (χ3n) is 6.13. The van der Waals surface area contributed by atoms with E-state index >= 15 is 0 Å². The number of likely N-dealkylation sites (tertiary alicyclic amines) is 1. The van der Waals surface area contributed by atoms with Crippen LogP contribution in [0.25, 0.3) is 0 Å². The van der Waals surface area contributed by atoms with Crippen LogP contribution >= 0.6 is 0 Å². The highest BCUT2D eigenvalue weighted by atomic mass is 32.2. The number of aromatic nitrogens is 1. The molecule has 1 saturated heterocycles. The SMILES string of the molecule is CCN(CC)S(=O)(=O)c1cc(C(=O)N2CCC(Cc3ccc(OC)cc3)CC2)n(C)c1. The van der Waals surface area contributed by atoms with Crippen molar-refractivity contribution in [2.75, 3.05) is 33.3 Å². The van der Waals surface area contributed by atoms with Crippen molar-refractivity contribution in [3.63, 3.8) is 0 Å². The van der Waals surface area contributed by atoms with Crippen molar-refractivity contribution < 1.29 is 17.9 Å². The Bertz CT molecular complexity index is 986. The molecule has 7 nitrogen and oxygen atoms in total. The molecular weight excluding hydrogens is 414 g/mol. The van der Waals surface area contributed by atoms with Gasteiger partial charge >= 0.3 is 0 Å². The predicted octanol–water partition coefficient (Wildman–Crippen LogP) is 3.16. The van der Waals surface area contributed by atoms with Crippen LogP contribution in [0.4, 0.5) is 0 Å². The quantitative estimate of drug-likeness (QED) is 0.623. The molecule has 0 spiro atoms. The van der Waals surface area contributed by atoms with E-state index in [0.717, 1.165) is 25.0 Å². The maximum absolute atomic E-state index is 13.1. The molecule has 0 radical (unpaired) electrons. The first-order valence-corrected chi connectivity index (χ1v) is 12.3. The monoisotopic (exact) mass is 447 g/mol. The molecule has 1 aliphatic rings. The van der Waals surface area contributed by atoms with Crippen molar-refractivity contribution >= 4 is 15.9 Å². The molecule has 0 N–H and O–H groups in total. The molecule has 1 aromatic carbocycles. The molecule has 8 heteroatoms. The number of hydrogen-bond donors (Lipinski definition) is 0. The summed E-state index contributed by atoms with van der Waals surface area (Å²) in [6.07, 6.45) is 4.40. The third kappa shape index (κ3) is 5.13. The summed E-state index contributed by atoms with van der Waals surface area (Å²) in [5.74, 6) is 1.28. The molecule has 2 heterocycles. The van der Waals surface area contributed by atoms with Crippen LogP contribution in [-0.2, 0) is 23.5 Å². The van der Waals surface area contributed by atoms with Crippen LogP contribution in [0.2, 0.25) is 0 Å². The van der Waals surface area contributed by atoms with E-state index in [4.69, 9.17) is 4.74 Å². The fourth-order valence-corrected chi connectivity index (χ4v) is 5.73. The minimum Gasteiger partial charge on any atom is -0.497 e. The maximum Gasteiger partial charge on any atom is 0.270 e. The average molecular weight is 448 g/mol. The Hall–Kier alpha value is -2.32. The topological polar surface area (TPSA) is 71.8 Å². The van der Waals surface area contributed by atoms with Gasteiger partial charge in [0, 0.05) is 39.4 Å². The molecule has 0 atom stereocenters. The molecule has 1 aliphatic heterocycles. The second-order valence-corrected chi connectivity index (χ2v) is 9.99. The number of amides is 1. The molecule has 0 saturated carbocycles. The molecule has 2 aromatic rings. The van der Waals surface area contributed by atoms with Crippen molar-refractivity contribution in [1.29, 1.82) is 0 Å². The Morgan fingerprint density at radius 1 is 1.13 bits per heavy atom. The van der Waals surface area contributed by atoms with Crippen LogP contribution in [0.5, 0.6) is 5.75 Å². The van der Waals surface area contributed by atoms with Crippen LogP contribution in [0.1, 0.15) is 42.7 Å². The summed E-state index contributed by atoms with van der Waals surface area (Å²) < 4.78 is 33.8. The Balaban J connectivity index is 1.63. The zero-order chi connectivity index (χ0) is 22.6. The van der Waals surface area contributed by atoms with Gasteiger partial charge in [-0.15, -0.1) is 0 Å². The smallest absolute Gasteiger partial charge is 0.270 e. The van der Waals surface area contributed by atoms with Crippen molar-refractivity contribution in [2.24, 2.45) is 13.0 Å². The second kappa shape index (κ2) is 9.87. The largest absolute Gasteiger partial charge is 0.497 e. The van der Waals surface area contributed by atoms with Gasteiger partial charge in [-0.2, -0.15) is 4.31 Å². The number of ether oxygens (including phenoxy) is 1. The van der Waals surface area contributed by atoms with Crippen molar-refractivity contribution in [2.45, 2.75) is 38.0 Å². The fourth-order valence-electron chi connectivity index (χ4n) is 4.20. The molecule has 170 valence electrons. The van der Waals surface area contributed by atoms with E-state index in [1.807, 2.05) is 30.9 Å². The molecular formula is C23H33N3O4S. The summed E-state index contributed by atoms with van der Waals surface area (Å²) in [5, 5.41) is 0. The molecule has 1 amide bonds. The number of methoxy groups -OCH3 is 1. The van der Waals surface area contributed by atoms with Gasteiger partial charge < -0.3 is 14.2 Å². The van der Waals surface area contributed by atoms with Crippen molar-refractivity contribution in [1.82, 2.24) is 13.8 Å². The summed E-state index contributed by atoms with van der Waals surface area (Å²) in [6.45, 7) is 5.79. The highest BCUT2D eigenvalue weighted by Gasteiger charge is 2.29. The van der Waals surface area contributed by atoms with E-state index in [1.54, 1.807) is 18.7 Å². The van der Waals surface area contributed by atoms with Crippen LogP contribution in [0.3, 0.4) is 0 Å².